The highest BCUT2D eigenvalue weighted by atomic mass is 16.4. The zero-order valence-electron chi connectivity index (χ0n) is 13.2. The van der Waals surface area contributed by atoms with Gasteiger partial charge >= 0.3 is 0 Å². The summed E-state index contributed by atoms with van der Waals surface area (Å²) in [5.74, 6) is 0.756. The molecule has 0 unspecified atom stereocenters. The van der Waals surface area contributed by atoms with Crippen LogP contribution in [0.5, 0.6) is 0 Å². The fraction of sp³-hybridized carbons (Fsp3) is 0.158. The third kappa shape index (κ3) is 3.48. The van der Waals surface area contributed by atoms with Crippen molar-refractivity contribution in [2.45, 2.75) is 20.4 Å². The normalized spacial score (nSPS) is 10.5. The fourth-order valence-corrected chi connectivity index (χ4v) is 2.29. The van der Waals surface area contributed by atoms with E-state index in [4.69, 9.17) is 4.42 Å². The molecule has 2 aromatic carbocycles. The molecule has 0 aliphatic rings. The van der Waals surface area contributed by atoms with Crippen LogP contribution in [0.3, 0.4) is 0 Å². The molecule has 0 bridgehead atoms. The Labute approximate surface area is 135 Å². The minimum atomic E-state index is -0.228. The summed E-state index contributed by atoms with van der Waals surface area (Å²) in [5, 5.41) is 2.87. The fourth-order valence-electron chi connectivity index (χ4n) is 2.29. The molecule has 4 nitrogen and oxygen atoms in total. The van der Waals surface area contributed by atoms with Crippen LogP contribution in [0.1, 0.15) is 27.4 Å². The molecule has 1 N–H and O–H groups in total. The van der Waals surface area contributed by atoms with Gasteiger partial charge in [-0.15, -0.1) is 0 Å². The van der Waals surface area contributed by atoms with Gasteiger partial charge in [-0.2, -0.15) is 0 Å². The lowest BCUT2D eigenvalue weighted by Crippen LogP contribution is -2.23. The third-order valence-electron chi connectivity index (χ3n) is 3.61. The van der Waals surface area contributed by atoms with Gasteiger partial charge in [0.05, 0.1) is 0 Å². The standard InChI is InChI=1S/C19H18N2O2/c1-13-8-10-16(11-9-13)19-21-17(14(2)23-19)18(22)20-12-15-6-4-3-5-7-15/h3-11H,12H2,1-2H3,(H,20,22). The average molecular weight is 306 g/mol. The summed E-state index contributed by atoms with van der Waals surface area (Å²) in [6.45, 7) is 4.24. The van der Waals surface area contributed by atoms with E-state index in [1.54, 1.807) is 6.92 Å². The molecular weight excluding hydrogens is 288 g/mol. The van der Waals surface area contributed by atoms with E-state index in [2.05, 4.69) is 10.3 Å². The number of amides is 1. The number of carbonyl (C=O) groups is 1. The van der Waals surface area contributed by atoms with Crippen molar-refractivity contribution in [3.63, 3.8) is 0 Å². The summed E-state index contributed by atoms with van der Waals surface area (Å²) in [7, 11) is 0. The van der Waals surface area contributed by atoms with Gasteiger partial charge in [-0.1, -0.05) is 48.0 Å². The molecule has 116 valence electrons. The number of nitrogens with zero attached hydrogens (tertiary/aromatic N) is 1. The van der Waals surface area contributed by atoms with E-state index in [1.807, 2.05) is 61.5 Å². The number of oxazole rings is 1. The molecule has 0 aliphatic heterocycles. The summed E-state index contributed by atoms with van der Waals surface area (Å²) in [6.07, 6.45) is 0. The molecule has 0 spiro atoms. The van der Waals surface area contributed by atoms with Gasteiger partial charge in [-0.05, 0) is 31.5 Å². The SMILES string of the molecule is Cc1ccc(-c2nc(C(=O)NCc3ccccc3)c(C)o2)cc1. The number of carbonyl (C=O) groups excluding carboxylic acids is 1. The molecule has 0 radical (unpaired) electrons. The molecule has 1 amide bonds. The molecule has 1 heterocycles. The Morgan fingerprint density at radius 1 is 1.04 bits per heavy atom. The lowest BCUT2D eigenvalue weighted by Gasteiger charge is -2.03. The Bertz CT molecular complexity index is 805. The first kappa shape index (κ1) is 15.0. The second kappa shape index (κ2) is 6.48. The molecule has 4 heteroatoms. The molecule has 0 aliphatic carbocycles. The van der Waals surface area contributed by atoms with Crippen LogP contribution in [0.2, 0.25) is 0 Å². The largest absolute Gasteiger partial charge is 0.441 e. The Morgan fingerprint density at radius 3 is 2.43 bits per heavy atom. The van der Waals surface area contributed by atoms with Crippen LogP contribution in [0.4, 0.5) is 0 Å². The van der Waals surface area contributed by atoms with E-state index >= 15 is 0 Å². The van der Waals surface area contributed by atoms with Gasteiger partial charge in [-0.25, -0.2) is 4.98 Å². The van der Waals surface area contributed by atoms with Crippen LogP contribution in [0, 0.1) is 13.8 Å². The summed E-state index contributed by atoms with van der Waals surface area (Å²) in [6, 6.07) is 17.6. The van der Waals surface area contributed by atoms with Crippen molar-refractivity contribution in [2.75, 3.05) is 0 Å². The van der Waals surface area contributed by atoms with Gasteiger partial charge in [0, 0.05) is 12.1 Å². The van der Waals surface area contributed by atoms with E-state index < -0.39 is 0 Å². The summed E-state index contributed by atoms with van der Waals surface area (Å²) in [5.41, 5.74) is 3.40. The van der Waals surface area contributed by atoms with E-state index in [-0.39, 0.29) is 5.91 Å². The molecule has 3 rings (SSSR count). The molecule has 23 heavy (non-hydrogen) atoms. The first-order valence-electron chi connectivity index (χ1n) is 7.50. The van der Waals surface area contributed by atoms with Crippen molar-refractivity contribution in [3.8, 4) is 11.5 Å². The molecular formula is C19H18N2O2. The summed E-state index contributed by atoms with van der Waals surface area (Å²) < 4.78 is 5.64. The summed E-state index contributed by atoms with van der Waals surface area (Å²) in [4.78, 5) is 16.6. The molecule has 0 atom stereocenters. The van der Waals surface area contributed by atoms with E-state index in [1.165, 1.54) is 0 Å². The number of aromatic nitrogens is 1. The highest BCUT2D eigenvalue weighted by molar-refractivity contribution is 5.93. The van der Waals surface area contributed by atoms with Gasteiger partial charge in [0.15, 0.2) is 5.69 Å². The van der Waals surface area contributed by atoms with E-state index in [0.29, 0.717) is 23.9 Å². The monoisotopic (exact) mass is 306 g/mol. The Hall–Kier alpha value is -2.88. The number of benzene rings is 2. The third-order valence-corrected chi connectivity index (χ3v) is 3.61. The second-order valence-corrected chi connectivity index (χ2v) is 5.46. The first-order chi connectivity index (χ1) is 11.1. The van der Waals surface area contributed by atoms with Gasteiger partial charge in [0.25, 0.3) is 5.91 Å². The quantitative estimate of drug-likeness (QED) is 0.795. The second-order valence-electron chi connectivity index (χ2n) is 5.46. The van der Waals surface area contributed by atoms with Crippen LogP contribution in [0.15, 0.2) is 59.0 Å². The zero-order valence-corrected chi connectivity index (χ0v) is 13.2. The lowest BCUT2D eigenvalue weighted by molar-refractivity contribution is 0.0945. The molecule has 3 aromatic rings. The minimum Gasteiger partial charge on any atom is -0.441 e. The van der Waals surface area contributed by atoms with Gasteiger partial charge in [0.2, 0.25) is 5.89 Å². The Balaban J connectivity index is 1.75. The van der Waals surface area contributed by atoms with Crippen molar-refractivity contribution in [2.24, 2.45) is 0 Å². The average Bonchev–Trinajstić information content (AvgIpc) is 2.96. The highest BCUT2D eigenvalue weighted by Crippen LogP contribution is 2.22. The first-order valence-corrected chi connectivity index (χ1v) is 7.50. The van der Waals surface area contributed by atoms with Crippen LogP contribution >= 0.6 is 0 Å². The number of aryl methyl sites for hydroxylation is 2. The topological polar surface area (TPSA) is 55.1 Å². The van der Waals surface area contributed by atoms with Gasteiger partial charge in [-0.3, -0.25) is 4.79 Å². The maximum absolute atomic E-state index is 12.3. The number of hydrogen-bond acceptors (Lipinski definition) is 3. The van der Waals surface area contributed by atoms with Crippen molar-refractivity contribution >= 4 is 5.91 Å². The molecule has 0 saturated heterocycles. The van der Waals surface area contributed by atoms with Crippen LogP contribution in [-0.2, 0) is 6.54 Å². The van der Waals surface area contributed by atoms with Crippen molar-refractivity contribution in [1.29, 1.82) is 0 Å². The molecule has 1 aromatic heterocycles. The molecule has 0 saturated carbocycles. The predicted molar refractivity (Wildman–Crippen MR) is 89.0 cm³/mol. The Kier molecular flexibility index (Phi) is 4.24. The highest BCUT2D eigenvalue weighted by Gasteiger charge is 2.17. The number of rotatable bonds is 4. The molecule has 0 fully saturated rings. The minimum absolute atomic E-state index is 0.228. The maximum atomic E-state index is 12.3. The Morgan fingerprint density at radius 2 is 1.74 bits per heavy atom. The van der Waals surface area contributed by atoms with Crippen LogP contribution in [-0.4, -0.2) is 10.9 Å². The van der Waals surface area contributed by atoms with E-state index in [9.17, 15) is 4.79 Å². The number of hydrogen-bond donors (Lipinski definition) is 1. The van der Waals surface area contributed by atoms with Crippen LogP contribution in [0.25, 0.3) is 11.5 Å². The zero-order chi connectivity index (χ0) is 16.2. The van der Waals surface area contributed by atoms with Crippen molar-refractivity contribution < 1.29 is 9.21 Å². The lowest BCUT2D eigenvalue weighted by atomic mass is 10.1. The van der Waals surface area contributed by atoms with Crippen LogP contribution < -0.4 is 5.32 Å². The van der Waals surface area contributed by atoms with Crippen molar-refractivity contribution in [1.82, 2.24) is 10.3 Å². The van der Waals surface area contributed by atoms with Gasteiger partial charge in [0.1, 0.15) is 5.76 Å². The number of nitrogens with one attached hydrogen (secondary N) is 1. The predicted octanol–water partition coefficient (Wildman–Crippen LogP) is 3.89. The van der Waals surface area contributed by atoms with Crippen molar-refractivity contribution in [3.05, 3.63) is 77.2 Å². The van der Waals surface area contributed by atoms with E-state index in [0.717, 1.165) is 16.7 Å². The van der Waals surface area contributed by atoms with Gasteiger partial charge < -0.3 is 9.73 Å². The smallest absolute Gasteiger partial charge is 0.273 e. The maximum Gasteiger partial charge on any atom is 0.273 e. The summed E-state index contributed by atoms with van der Waals surface area (Å²) >= 11 is 0.